The Labute approximate surface area is 218 Å². The van der Waals surface area contributed by atoms with Crippen molar-refractivity contribution in [1.29, 1.82) is 0 Å². The summed E-state index contributed by atoms with van der Waals surface area (Å²) in [5.74, 6) is -0.351. The Balaban J connectivity index is 1.56. The minimum atomic E-state index is -1.39. The Morgan fingerprint density at radius 1 is 0.595 bits per heavy atom. The van der Waals surface area contributed by atoms with E-state index >= 15 is 0 Å². The fourth-order valence-corrected chi connectivity index (χ4v) is 5.73. The number of benzene rings is 4. The molecule has 0 N–H and O–H groups in total. The molecule has 4 nitrogen and oxygen atoms in total. The summed E-state index contributed by atoms with van der Waals surface area (Å²) < 4.78 is 0. The zero-order valence-electron chi connectivity index (χ0n) is 21.4. The third-order valence-corrected chi connectivity index (χ3v) is 7.66. The van der Waals surface area contributed by atoms with E-state index in [1.165, 1.54) is 0 Å². The molecule has 37 heavy (non-hydrogen) atoms. The summed E-state index contributed by atoms with van der Waals surface area (Å²) in [5.41, 5.74) is 4.80. The van der Waals surface area contributed by atoms with E-state index in [9.17, 15) is 9.59 Å². The smallest absolute Gasteiger partial charge is 0.252 e. The van der Waals surface area contributed by atoms with Crippen molar-refractivity contribution < 1.29 is 9.59 Å². The molecule has 0 aliphatic carbocycles. The second-order valence-corrected chi connectivity index (χ2v) is 11.0. The lowest BCUT2D eigenvalue weighted by Gasteiger charge is -2.25. The van der Waals surface area contributed by atoms with E-state index < -0.39 is 5.41 Å². The standard InChI is InChI=1S/C33H30N2O2/c1-32(2,3)25-18-19-29-27(20-25)33(31(37)35(29)22-24-14-8-5-9-15-24)26-16-10-11-17-28(26)34(30(33)36)21-23-12-6-4-7-13-23/h4-20H,21-22H2,1-3H3. The molecule has 4 aromatic carbocycles. The molecule has 1 unspecified atom stereocenters. The zero-order valence-corrected chi connectivity index (χ0v) is 21.4. The molecule has 0 radical (unpaired) electrons. The van der Waals surface area contributed by atoms with Crippen molar-refractivity contribution in [3.8, 4) is 0 Å². The summed E-state index contributed by atoms with van der Waals surface area (Å²) in [6.07, 6.45) is 0. The molecule has 2 aliphatic heterocycles. The number of carbonyl (C=O) groups excluding carboxylic acids is 2. The predicted molar refractivity (Wildman–Crippen MR) is 148 cm³/mol. The van der Waals surface area contributed by atoms with Crippen molar-refractivity contribution in [1.82, 2.24) is 0 Å². The number of para-hydroxylation sites is 1. The van der Waals surface area contributed by atoms with E-state index in [2.05, 4.69) is 32.9 Å². The van der Waals surface area contributed by atoms with Gasteiger partial charge in [0.05, 0.1) is 13.1 Å². The van der Waals surface area contributed by atoms with Crippen molar-refractivity contribution >= 4 is 23.2 Å². The summed E-state index contributed by atoms with van der Waals surface area (Å²) in [6.45, 7) is 7.31. The molecule has 0 saturated carbocycles. The Kier molecular flexibility index (Phi) is 5.30. The Morgan fingerprint density at radius 2 is 1.08 bits per heavy atom. The van der Waals surface area contributed by atoms with Gasteiger partial charge in [0.2, 0.25) is 0 Å². The highest BCUT2D eigenvalue weighted by atomic mass is 16.2. The van der Waals surface area contributed by atoms with Crippen molar-refractivity contribution in [2.45, 2.75) is 44.7 Å². The molecular formula is C33H30N2O2. The molecule has 0 saturated heterocycles. The van der Waals surface area contributed by atoms with E-state index in [0.29, 0.717) is 13.1 Å². The Bertz CT molecular complexity index is 1490. The van der Waals surface area contributed by atoms with Crippen LogP contribution in [0.3, 0.4) is 0 Å². The lowest BCUT2D eigenvalue weighted by molar-refractivity contribution is -0.131. The number of carbonyl (C=O) groups is 2. The average Bonchev–Trinajstić information content (AvgIpc) is 3.29. The first kappa shape index (κ1) is 23.2. The van der Waals surface area contributed by atoms with E-state index in [-0.39, 0.29) is 17.2 Å². The molecule has 4 heteroatoms. The van der Waals surface area contributed by atoms with Crippen LogP contribution in [0.15, 0.2) is 103 Å². The van der Waals surface area contributed by atoms with Gasteiger partial charge in [-0.15, -0.1) is 0 Å². The van der Waals surface area contributed by atoms with Gasteiger partial charge in [-0.2, -0.15) is 0 Å². The van der Waals surface area contributed by atoms with Gasteiger partial charge in [-0.05, 0) is 34.2 Å². The van der Waals surface area contributed by atoms with Gasteiger partial charge in [0.15, 0.2) is 5.41 Å². The number of fused-ring (bicyclic) bond motifs is 4. The Morgan fingerprint density at radius 3 is 1.62 bits per heavy atom. The van der Waals surface area contributed by atoms with Crippen LogP contribution in [0.5, 0.6) is 0 Å². The molecule has 1 spiro atoms. The van der Waals surface area contributed by atoms with Crippen molar-refractivity contribution in [2.75, 3.05) is 9.80 Å². The molecule has 4 aromatic rings. The van der Waals surface area contributed by atoms with Crippen LogP contribution in [0, 0.1) is 0 Å². The lowest BCUT2D eigenvalue weighted by atomic mass is 9.74. The minimum absolute atomic E-state index is 0.128. The Hall–Kier alpha value is -4.18. The highest BCUT2D eigenvalue weighted by molar-refractivity contribution is 6.31. The summed E-state index contributed by atoms with van der Waals surface area (Å²) >= 11 is 0. The van der Waals surface area contributed by atoms with E-state index in [0.717, 1.165) is 39.2 Å². The number of anilines is 2. The molecule has 184 valence electrons. The summed E-state index contributed by atoms with van der Waals surface area (Å²) in [6, 6.07) is 33.9. The van der Waals surface area contributed by atoms with Gasteiger partial charge in [-0.25, -0.2) is 0 Å². The number of hydrogen-bond acceptors (Lipinski definition) is 2. The first-order valence-electron chi connectivity index (χ1n) is 12.8. The van der Waals surface area contributed by atoms with Crippen LogP contribution < -0.4 is 9.80 Å². The molecule has 0 aromatic heterocycles. The summed E-state index contributed by atoms with van der Waals surface area (Å²) in [5, 5.41) is 0. The monoisotopic (exact) mass is 486 g/mol. The van der Waals surface area contributed by atoms with Gasteiger partial charge < -0.3 is 9.80 Å². The first-order valence-corrected chi connectivity index (χ1v) is 12.8. The molecule has 2 aliphatic rings. The van der Waals surface area contributed by atoms with Gasteiger partial charge in [0.1, 0.15) is 0 Å². The zero-order chi connectivity index (χ0) is 25.8. The molecule has 2 amide bonds. The number of nitrogens with zero attached hydrogens (tertiary/aromatic N) is 2. The second-order valence-electron chi connectivity index (χ2n) is 11.0. The summed E-state index contributed by atoms with van der Waals surface area (Å²) in [4.78, 5) is 32.8. The molecule has 6 rings (SSSR count). The highest BCUT2D eigenvalue weighted by Crippen LogP contribution is 2.55. The average molecular weight is 487 g/mol. The van der Waals surface area contributed by atoms with Crippen molar-refractivity contribution in [2.24, 2.45) is 0 Å². The molecule has 0 fully saturated rings. The molecular weight excluding hydrogens is 456 g/mol. The fraction of sp³-hybridized carbons (Fsp3) is 0.212. The maximum absolute atomic E-state index is 14.6. The van der Waals surface area contributed by atoms with Gasteiger partial charge in [0, 0.05) is 22.5 Å². The lowest BCUT2D eigenvalue weighted by Crippen LogP contribution is -2.48. The first-order chi connectivity index (χ1) is 17.8. The van der Waals surface area contributed by atoms with Crippen molar-refractivity contribution in [3.63, 3.8) is 0 Å². The normalized spacial score (nSPS) is 18.5. The van der Waals surface area contributed by atoms with Crippen LogP contribution in [-0.2, 0) is 33.5 Å². The SMILES string of the molecule is CC(C)(C)c1ccc2c(c1)C1(C(=O)N(Cc3ccccc3)c3ccccc31)C(=O)N2Cc1ccccc1. The van der Waals surface area contributed by atoms with Crippen LogP contribution >= 0.6 is 0 Å². The quantitative estimate of drug-likeness (QED) is 0.315. The van der Waals surface area contributed by atoms with Crippen LogP contribution in [0.2, 0.25) is 0 Å². The van der Waals surface area contributed by atoms with Crippen LogP contribution in [0.4, 0.5) is 11.4 Å². The van der Waals surface area contributed by atoms with E-state index in [1.807, 2.05) is 91.0 Å². The molecule has 2 heterocycles. The van der Waals surface area contributed by atoms with E-state index in [1.54, 1.807) is 9.80 Å². The topological polar surface area (TPSA) is 40.6 Å². The number of hydrogen-bond donors (Lipinski definition) is 0. The fourth-order valence-electron chi connectivity index (χ4n) is 5.73. The third kappa shape index (κ3) is 3.51. The second kappa shape index (κ2) is 8.45. The van der Waals surface area contributed by atoms with Gasteiger partial charge in [-0.1, -0.05) is 112 Å². The predicted octanol–water partition coefficient (Wildman–Crippen LogP) is 6.36. The van der Waals surface area contributed by atoms with E-state index in [4.69, 9.17) is 0 Å². The summed E-state index contributed by atoms with van der Waals surface area (Å²) in [7, 11) is 0. The largest absolute Gasteiger partial charge is 0.306 e. The van der Waals surface area contributed by atoms with Crippen LogP contribution in [0.25, 0.3) is 0 Å². The van der Waals surface area contributed by atoms with Gasteiger partial charge in [-0.3, -0.25) is 9.59 Å². The number of rotatable bonds is 4. The molecule has 1 atom stereocenters. The van der Waals surface area contributed by atoms with Crippen LogP contribution in [0.1, 0.15) is 48.6 Å². The van der Waals surface area contributed by atoms with Gasteiger partial charge >= 0.3 is 0 Å². The molecule has 0 bridgehead atoms. The highest BCUT2D eigenvalue weighted by Gasteiger charge is 2.63. The third-order valence-electron chi connectivity index (χ3n) is 7.66. The van der Waals surface area contributed by atoms with Crippen molar-refractivity contribution in [3.05, 3.63) is 131 Å². The minimum Gasteiger partial charge on any atom is -0.306 e. The van der Waals surface area contributed by atoms with Gasteiger partial charge in [0.25, 0.3) is 11.8 Å². The number of amides is 2. The van der Waals surface area contributed by atoms with Crippen LogP contribution in [-0.4, -0.2) is 11.8 Å². The maximum Gasteiger partial charge on any atom is 0.252 e. The maximum atomic E-state index is 14.6.